The number of aliphatic hydroxyl groups is 1. The molecule has 3 aliphatic heterocycles. The van der Waals surface area contributed by atoms with E-state index in [4.69, 9.17) is 0 Å². The lowest BCUT2D eigenvalue weighted by atomic mass is 9.96. The summed E-state index contributed by atoms with van der Waals surface area (Å²) in [5.41, 5.74) is 2.20. The maximum Gasteiger partial charge on any atom is 0.272 e. The van der Waals surface area contributed by atoms with Gasteiger partial charge in [-0.15, -0.1) is 0 Å². The molecule has 2 saturated heterocycles. The van der Waals surface area contributed by atoms with Gasteiger partial charge in [-0.1, -0.05) is 30.3 Å². The van der Waals surface area contributed by atoms with Crippen LogP contribution >= 0.6 is 0 Å². The van der Waals surface area contributed by atoms with Gasteiger partial charge in [0.2, 0.25) is 0 Å². The molecule has 0 spiro atoms. The first-order valence-electron chi connectivity index (χ1n) is 13.5. The molecular formula is C29H33N5O4. The number of aromatic nitrogens is 2. The molecule has 38 heavy (non-hydrogen) atoms. The third-order valence-corrected chi connectivity index (χ3v) is 8.23. The van der Waals surface area contributed by atoms with E-state index in [0.29, 0.717) is 23.4 Å². The molecule has 0 saturated carbocycles. The second-order valence-electron chi connectivity index (χ2n) is 11.0. The number of hydrogen-bond acceptors (Lipinski definition) is 6. The summed E-state index contributed by atoms with van der Waals surface area (Å²) in [7, 11) is 0. The van der Waals surface area contributed by atoms with Crippen LogP contribution < -0.4 is 5.32 Å². The first-order chi connectivity index (χ1) is 18.3. The maximum absolute atomic E-state index is 13.3. The fraction of sp³-hybridized carbons (Fsp3) is 0.448. The van der Waals surface area contributed by atoms with Gasteiger partial charge in [0.25, 0.3) is 17.7 Å². The number of nitrogens with one attached hydrogen (secondary N) is 1. The number of carbonyl (C=O) groups excluding carboxylic acids is 3. The lowest BCUT2D eigenvalue weighted by molar-refractivity contribution is 0.0301. The van der Waals surface area contributed by atoms with Gasteiger partial charge in [-0.25, -0.2) is 0 Å². The molecule has 3 amide bonds. The van der Waals surface area contributed by atoms with Crippen molar-refractivity contribution < 1.29 is 19.5 Å². The lowest BCUT2D eigenvalue weighted by Crippen LogP contribution is -2.53. The van der Waals surface area contributed by atoms with Gasteiger partial charge in [-0.2, -0.15) is 5.10 Å². The second-order valence-corrected chi connectivity index (χ2v) is 11.0. The Hall–Kier alpha value is -3.56. The molecule has 2 bridgehead atoms. The van der Waals surface area contributed by atoms with Gasteiger partial charge in [0, 0.05) is 36.1 Å². The van der Waals surface area contributed by atoms with E-state index >= 15 is 0 Å². The van der Waals surface area contributed by atoms with Crippen LogP contribution in [-0.2, 0) is 0 Å². The third-order valence-electron chi connectivity index (χ3n) is 8.23. The molecule has 4 atom stereocenters. The van der Waals surface area contributed by atoms with Crippen molar-refractivity contribution in [2.24, 2.45) is 0 Å². The van der Waals surface area contributed by atoms with Crippen LogP contribution in [0.1, 0.15) is 76.8 Å². The first-order valence-corrected chi connectivity index (χ1v) is 13.5. The van der Waals surface area contributed by atoms with E-state index in [1.165, 1.54) is 0 Å². The van der Waals surface area contributed by atoms with E-state index in [1.54, 1.807) is 24.3 Å². The summed E-state index contributed by atoms with van der Waals surface area (Å²) < 4.78 is 1.90. The summed E-state index contributed by atoms with van der Waals surface area (Å²) in [5.74, 6) is -0.841. The van der Waals surface area contributed by atoms with Gasteiger partial charge in [0.1, 0.15) is 0 Å². The zero-order valence-corrected chi connectivity index (χ0v) is 21.7. The van der Waals surface area contributed by atoms with Gasteiger partial charge < -0.3 is 10.4 Å². The summed E-state index contributed by atoms with van der Waals surface area (Å²) in [6, 6.07) is 15.3. The Kier molecular flexibility index (Phi) is 6.28. The highest BCUT2D eigenvalue weighted by Crippen LogP contribution is 2.36. The summed E-state index contributed by atoms with van der Waals surface area (Å²) in [6.45, 7) is 4.48. The number of hydrogen-bond donors (Lipinski definition) is 2. The Morgan fingerprint density at radius 1 is 0.974 bits per heavy atom. The number of aliphatic hydroxyl groups excluding tert-OH is 1. The first kappa shape index (κ1) is 24.8. The third kappa shape index (κ3) is 4.19. The number of β-amino-alcohol motifs (C(OH)–C–C–N with tert-alkyl or cyclic N) is 1. The normalized spacial score (nSPS) is 23.9. The van der Waals surface area contributed by atoms with Crippen LogP contribution in [0.25, 0.3) is 10.9 Å². The molecule has 3 aromatic rings. The van der Waals surface area contributed by atoms with Crippen LogP contribution in [0.3, 0.4) is 0 Å². The van der Waals surface area contributed by atoms with Crippen molar-refractivity contribution in [1.82, 2.24) is 24.9 Å². The molecule has 198 valence electrons. The molecule has 2 fully saturated rings. The van der Waals surface area contributed by atoms with E-state index in [-0.39, 0.29) is 48.4 Å². The molecule has 9 nitrogen and oxygen atoms in total. The number of fused-ring (bicyclic) bond motifs is 4. The zero-order chi connectivity index (χ0) is 26.6. The van der Waals surface area contributed by atoms with Gasteiger partial charge in [-0.3, -0.25) is 28.9 Å². The standard InChI is InChI=1S/C29H33N5O4/c1-17(2)34-25-10-6-5-9-24(25)26(31-34)27(36)30-18-13-19-11-12-20(14-18)32(19)15-21(35)16-33-28(37)22-7-3-4-8-23(22)29(33)38/h3-10,17-21,35H,11-16H2,1-2H3,(H,30,36)/t18-,19-,20+,21?. The molecule has 4 heterocycles. The number of carbonyl (C=O) groups is 3. The molecule has 1 unspecified atom stereocenters. The van der Waals surface area contributed by atoms with E-state index in [0.717, 1.165) is 41.5 Å². The molecule has 2 aromatic carbocycles. The Labute approximate surface area is 221 Å². The second kappa shape index (κ2) is 9.63. The van der Waals surface area contributed by atoms with Gasteiger partial charge in [0.05, 0.1) is 29.3 Å². The van der Waals surface area contributed by atoms with Crippen molar-refractivity contribution >= 4 is 28.6 Å². The summed E-state index contributed by atoms with van der Waals surface area (Å²) >= 11 is 0. The van der Waals surface area contributed by atoms with E-state index in [2.05, 4.69) is 29.2 Å². The van der Waals surface area contributed by atoms with Crippen molar-refractivity contribution in [3.05, 3.63) is 65.4 Å². The number of benzene rings is 2. The Bertz CT molecular complexity index is 1370. The lowest BCUT2D eigenvalue weighted by Gasteiger charge is -2.40. The van der Waals surface area contributed by atoms with Crippen molar-refractivity contribution in [3.63, 3.8) is 0 Å². The predicted octanol–water partition coefficient (Wildman–Crippen LogP) is 3.00. The van der Waals surface area contributed by atoms with Crippen molar-refractivity contribution in [3.8, 4) is 0 Å². The van der Waals surface area contributed by atoms with E-state index < -0.39 is 6.10 Å². The minimum Gasteiger partial charge on any atom is -0.390 e. The summed E-state index contributed by atoms with van der Waals surface area (Å²) in [6.07, 6.45) is 2.76. The van der Waals surface area contributed by atoms with Crippen LogP contribution in [0.2, 0.25) is 0 Å². The van der Waals surface area contributed by atoms with Crippen LogP contribution in [0.15, 0.2) is 48.5 Å². The number of nitrogens with zero attached hydrogens (tertiary/aromatic N) is 4. The molecule has 0 radical (unpaired) electrons. The monoisotopic (exact) mass is 515 g/mol. The topological polar surface area (TPSA) is 108 Å². The van der Waals surface area contributed by atoms with Crippen molar-refractivity contribution in [2.45, 2.75) is 69.8 Å². The molecule has 1 aromatic heterocycles. The summed E-state index contributed by atoms with van der Waals surface area (Å²) in [5, 5.41) is 19.6. The molecule has 6 rings (SSSR count). The van der Waals surface area contributed by atoms with Crippen LogP contribution in [0.4, 0.5) is 0 Å². The van der Waals surface area contributed by atoms with Crippen LogP contribution in [0, 0.1) is 0 Å². The minimum atomic E-state index is -0.835. The number of imide groups is 1. The molecular weight excluding hydrogens is 482 g/mol. The molecule has 9 heteroatoms. The minimum absolute atomic E-state index is 0.0198. The fourth-order valence-electron chi connectivity index (χ4n) is 6.51. The SMILES string of the molecule is CC(C)n1nc(C(=O)N[C@@H]2C[C@H]3CC[C@@H](C2)N3CC(O)CN2C(=O)c3ccccc3C2=O)c2ccccc21. The number of para-hydroxylation sites is 1. The van der Waals surface area contributed by atoms with Crippen molar-refractivity contribution in [2.75, 3.05) is 13.1 Å². The smallest absolute Gasteiger partial charge is 0.272 e. The maximum atomic E-state index is 13.3. The van der Waals surface area contributed by atoms with Crippen LogP contribution in [0.5, 0.6) is 0 Å². The Morgan fingerprint density at radius 2 is 1.58 bits per heavy atom. The zero-order valence-electron chi connectivity index (χ0n) is 21.7. The molecule has 0 aliphatic carbocycles. The average molecular weight is 516 g/mol. The van der Waals surface area contributed by atoms with E-state index in [9.17, 15) is 19.5 Å². The summed E-state index contributed by atoms with van der Waals surface area (Å²) in [4.78, 5) is 42.1. The number of rotatable bonds is 7. The fourth-order valence-corrected chi connectivity index (χ4v) is 6.51. The highest BCUT2D eigenvalue weighted by Gasteiger charge is 2.43. The van der Waals surface area contributed by atoms with Gasteiger partial charge >= 0.3 is 0 Å². The van der Waals surface area contributed by atoms with Gasteiger partial charge in [0.15, 0.2) is 5.69 Å². The predicted molar refractivity (Wildman–Crippen MR) is 142 cm³/mol. The Morgan fingerprint density at radius 3 is 2.21 bits per heavy atom. The number of amides is 3. The van der Waals surface area contributed by atoms with Crippen LogP contribution in [-0.4, -0.2) is 79.7 Å². The number of piperidine rings is 1. The van der Waals surface area contributed by atoms with E-state index in [1.807, 2.05) is 28.9 Å². The highest BCUT2D eigenvalue weighted by atomic mass is 16.3. The highest BCUT2D eigenvalue weighted by molar-refractivity contribution is 6.21. The molecule has 3 aliphatic rings. The quantitative estimate of drug-likeness (QED) is 0.469. The molecule has 2 N–H and O–H groups in total. The largest absolute Gasteiger partial charge is 0.390 e. The Balaban J connectivity index is 1.09. The van der Waals surface area contributed by atoms with Crippen molar-refractivity contribution in [1.29, 1.82) is 0 Å². The average Bonchev–Trinajstić information content (AvgIpc) is 3.48. The van der Waals surface area contributed by atoms with Gasteiger partial charge in [-0.05, 0) is 57.7 Å².